The number of thioether (sulfide) groups is 1. The molecule has 0 radical (unpaired) electrons. The van der Waals surface area contributed by atoms with E-state index in [1.54, 1.807) is 17.0 Å². The SMILES string of the molecule is O=C1c2cccc(O)c2C(=O)c2c(O)cc(C(=O)N3CCN(C(=S)SCc4ccc(F)cc4)CC3)cc21. The normalized spacial score (nSPS) is 14.8. The first-order valence-electron chi connectivity index (χ1n) is 11.5. The lowest BCUT2D eigenvalue weighted by atomic mass is 9.82. The second-order valence-corrected chi connectivity index (χ2v) is 10.3. The number of hydrogen-bond acceptors (Lipinski definition) is 7. The molecule has 0 unspecified atom stereocenters. The number of aromatic hydroxyl groups is 2. The minimum absolute atomic E-state index is 0.0294. The van der Waals surface area contributed by atoms with E-state index < -0.39 is 17.3 Å². The van der Waals surface area contributed by atoms with Crippen LogP contribution in [-0.4, -0.2) is 68.0 Å². The number of carbonyl (C=O) groups is 3. The summed E-state index contributed by atoms with van der Waals surface area (Å²) in [6, 6.07) is 13.0. The number of amides is 1. The van der Waals surface area contributed by atoms with Gasteiger partial charge < -0.3 is 20.0 Å². The van der Waals surface area contributed by atoms with Crippen LogP contribution in [0.15, 0.2) is 54.6 Å². The van der Waals surface area contributed by atoms with Gasteiger partial charge in [-0.25, -0.2) is 4.39 Å². The van der Waals surface area contributed by atoms with Crippen molar-refractivity contribution in [3.63, 3.8) is 0 Å². The highest BCUT2D eigenvalue weighted by atomic mass is 32.2. The lowest BCUT2D eigenvalue weighted by Crippen LogP contribution is -2.49. The van der Waals surface area contributed by atoms with Gasteiger partial charge in [0.25, 0.3) is 5.91 Å². The van der Waals surface area contributed by atoms with E-state index in [2.05, 4.69) is 0 Å². The Kier molecular flexibility index (Phi) is 6.70. The molecule has 0 saturated carbocycles. The number of hydrogen-bond donors (Lipinski definition) is 2. The molecule has 3 aromatic rings. The van der Waals surface area contributed by atoms with E-state index in [9.17, 15) is 29.0 Å². The molecule has 1 fully saturated rings. The molecule has 37 heavy (non-hydrogen) atoms. The minimum atomic E-state index is -0.667. The summed E-state index contributed by atoms with van der Waals surface area (Å²) in [5.74, 6) is -2.08. The van der Waals surface area contributed by atoms with Crippen LogP contribution in [0.2, 0.25) is 0 Å². The zero-order valence-electron chi connectivity index (χ0n) is 19.4. The van der Waals surface area contributed by atoms with Gasteiger partial charge in [0, 0.05) is 48.6 Å². The Labute approximate surface area is 221 Å². The number of carbonyl (C=O) groups excluding carboxylic acids is 3. The average Bonchev–Trinajstić information content (AvgIpc) is 2.90. The Morgan fingerprint density at radius 2 is 1.51 bits per heavy atom. The van der Waals surface area contributed by atoms with Gasteiger partial charge in [-0.15, -0.1) is 0 Å². The van der Waals surface area contributed by atoms with Gasteiger partial charge in [-0.05, 0) is 35.9 Å². The van der Waals surface area contributed by atoms with Crippen LogP contribution in [0.3, 0.4) is 0 Å². The molecule has 1 saturated heterocycles. The molecular weight excluding hydrogens is 515 g/mol. The van der Waals surface area contributed by atoms with Crippen molar-refractivity contribution in [1.82, 2.24) is 9.80 Å². The van der Waals surface area contributed by atoms with Crippen molar-refractivity contribution in [2.75, 3.05) is 26.2 Å². The van der Waals surface area contributed by atoms with Crippen molar-refractivity contribution in [2.45, 2.75) is 5.75 Å². The second kappa shape index (κ2) is 9.95. The van der Waals surface area contributed by atoms with Crippen LogP contribution in [0.1, 0.15) is 47.8 Å². The van der Waals surface area contributed by atoms with Gasteiger partial charge in [0.2, 0.25) is 5.78 Å². The number of thiocarbonyl (C=S) groups is 1. The molecule has 2 N–H and O–H groups in total. The number of benzene rings is 3. The highest BCUT2D eigenvalue weighted by molar-refractivity contribution is 8.22. The number of nitrogens with zero attached hydrogens (tertiary/aromatic N) is 2. The monoisotopic (exact) mass is 536 g/mol. The van der Waals surface area contributed by atoms with Gasteiger partial charge in [0.1, 0.15) is 21.6 Å². The van der Waals surface area contributed by atoms with Gasteiger partial charge in [-0.2, -0.15) is 0 Å². The quantitative estimate of drug-likeness (QED) is 0.380. The maximum atomic E-state index is 13.2. The molecule has 2 aliphatic rings. The zero-order chi connectivity index (χ0) is 26.3. The van der Waals surface area contributed by atoms with Crippen LogP contribution in [0.25, 0.3) is 0 Å². The Bertz CT molecular complexity index is 1450. The van der Waals surface area contributed by atoms with Crippen molar-refractivity contribution in [1.29, 1.82) is 0 Å². The van der Waals surface area contributed by atoms with Gasteiger partial charge in [0.05, 0.1) is 11.1 Å². The van der Waals surface area contributed by atoms with E-state index in [0.717, 1.165) is 5.56 Å². The maximum absolute atomic E-state index is 13.2. The fourth-order valence-corrected chi connectivity index (χ4v) is 5.70. The van der Waals surface area contributed by atoms with Gasteiger partial charge in [0.15, 0.2) is 5.78 Å². The molecule has 0 aromatic heterocycles. The molecule has 188 valence electrons. The van der Waals surface area contributed by atoms with Crippen LogP contribution in [0.5, 0.6) is 11.5 Å². The highest BCUT2D eigenvalue weighted by Crippen LogP contribution is 2.37. The number of phenols is 2. The van der Waals surface area contributed by atoms with E-state index >= 15 is 0 Å². The Hall–Kier alpha value is -3.76. The van der Waals surface area contributed by atoms with E-state index in [4.69, 9.17) is 12.2 Å². The Morgan fingerprint density at radius 3 is 2.22 bits per heavy atom. The zero-order valence-corrected chi connectivity index (χ0v) is 21.1. The number of rotatable bonds is 3. The summed E-state index contributed by atoms with van der Waals surface area (Å²) in [5.41, 5.74) is 0.649. The predicted molar refractivity (Wildman–Crippen MR) is 141 cm³/mol. The van der Waals surface area contributed by atoms with E-state index in [1.807, 2.05) is 4.90 Å². The summed E-state index contributed by atoms with van der Waals surface area (Å²) in [4.78, 5) is 42.8. The van der Waals surface area contributed by atoms with Crippen LogP contribution in [0, 0.1) is 5.82 Å². The molecule has 7 nitrogen and oxygen atoms in total. The summed E-state index contributed by atoms with van der Waals surface area (Å²) in [6.45, 7) is 1.80. The molecule has 3 aromatic carbocycles. The molecule has 0 bridgehead atoms. The summed E-state index contributed by atoms with van der Waals surface area (Å²) < 4.78 is 13.8. The average molecular weight is 537 g/mol. The summed E-state index contributed by atoms with van der Waals surface area (Å²) in [6.07, 6.45) is 0. The highest BCUT2D eigenvalue weighted by Gasteiger charge is 2.35. The third-order valence-corrected chi connectivity index (χ3v) is 8.05. The smallest absolute Gasteiger partial charge is 0.254 e. The first kappa shape index (κ1) is 24.9. The van der Waals surface area contributed by atoms with Crippen LogP contribution >= 0.6 is 24.0 Å². The van der Waals surface area contributed by atoms with Gasteiger partial charge in [-0.3, -0.25) is 14.4 Å². The number of ketones is 2. The van der Waals surface area contributed by atoms with Crippen LogP contribution < -0.4 is 0 Å². The van der Waals surface area contributed by atoms with Crippen molar-refractivity contribution < 1.29 is 29.0 Å². The lowest BCUT2D eigenvalue weighted by molar-refractivity contribution is 0.0694. The topological polar surface area (TPSA) is 98.1 Å². The maximum Gasteiger partial charge on any atom is 0.254 e. The summed E-state index contributed by atoms with van der Waals surface area (Å²) in [5, 5.41) is 20.7. The second-order valence-electron chi connectivity index (χ2n) is 8.74. The number of fused-ring (bicyclic) bond motifs is 2. The van der Waals surface area contributed by atoms with E-state index in [0.29, 0.717) is 36.3 Å². The van der Waals surface area contributed by atoms with E-state index in [-0.39, 0.29) is 45.3 Å². The van der Waals surface area contributed by atoms with Crippen molar-refractivity contribution in [2.24, 2.45) is 0 Å². The largest absolute Gasteiger partial charge is 0.507 e. The fraction of sp³-hybridized carbons (Fsp3) is 0.185. The van der Waals surface area contributed by atoms with Crippen molar-refractivity contribution in [3.8, 4) is 11.5 Å². The molecule has 5 rings (SSSR count). The molecule has 0 spiro atoms. The number of halogens is 1. The molecule has 1 amide bonds. The predicted octanol–water partition coefficient (Wildman–Crippen LogP) is 3.99. The fourth-order valence-electron chi connectivity index (χ4n) is 4.50. The van der Waals surface area contributed by atoms with Crippen LogP contribution in [-0.2, 0) is 5.75 Å². The number of piperazine rings is 1. The van der Waals surface area contributed by atoms with Crippen molar-refractivity contribution >= 4 is 45.8 Å². The first-order chi connectivity index (χ1) is 17.7. The summed E-state index contributed by atoms with van der Waals surface area (Å²) >= 11 is 7.01. The van der Waals surface area contributed by atoms with E-state index in [1.165, 1.54) is 54.2 Å². The molecule has 1 heterocycles. The Balaban J connectivity index is 1.27. The van der Waals surface area contributed by atoms with Crippen molar-refractivity contribution in [3.05, 3.63) is 93.8 Å². The molecule has 10 heteroatoms. The minimum Gasteiger partial charge on any atom is -0.507 e. The summed E-state index contributed by atoms with van der Waals surface area (Å²) in [7, 11) is 0. The Morgan fingerprint density at radius 1 is 0.865 bits per heavy atom. The third-order valence-electron chi connectivity index (χ3n) is 6.45. The molecule has 1 aliphatic carbocycles. The number of phenolic OH excluding ortho intramolecular Hbond substituents is 2. The molecule has 0 atom stereocenters. The standard InChI is InChI=1S/C27H21FN2O5S2/c28-17-6-4-15(5-7-17)14-37-27(36)30-10-8-29(9-11-30)26(35)16-12-19-23(21(32)13-16)25(34)22-18(24(19)33)2-1-3-20(22)31/h1-7,12-13,31-32H,8-11,14H2. The molecule has 1 aliphatic heterocycles. The lowest BCUT2D eigenvalue weighted by Gasteiger charge is -2.36. The first-order valence-corrected chi connectivity index (χ1v) is 12.9. The van der Waals surface area contributed by atoms with Gasteiger partial charge in [-0.1, -0.05) is 48.2 Å². The molecular formula is C27H21FN2O5S2. The van der Waals surface area contributed by atoms with Gasteiger partial charge >= 0.3 is 0 Å². The van der Waals surface area contributed by atoms with Crippen LogP contribution in [0.4, 0.5) is 4.39 Å². The third kappa shape index (κ3) is 4.70.